The molecule has 0 saturated carbocycles. The molecule has 6 nitrogen and oxygen atoms in total. The van der Waals surface area contributed by atoms with E-state index in [1.807, 2.05) is 6.92 Å². The third-order valence-corrected chi connectivity index (χ3v) is 3.76. The van der Waals surface area contributed by atoms with Crippen LogP contribution in [0.1, 0.15) is 30.1 Å². The summed E-state index contributed by atoms with van der Waals surface area (Å²) in [5, 5.41) is 5.64. The molecule has 3 rings (SSSR count). The van der Waals surface area contributed by atoms with Crippen LogP contribution in [0.2, 0.25) is 0 Å². The quantitative estimate of drug-likeness (QED) is 0.880. The number of fused-ring (bicyclic) bond motifs is 1. The first kappa shape index (κ1) is 13.9. The van der Waals surface area contributed by atoms with Gasteiger partial charge in [0.15, 0.2) is 6.61 Å². The number of amides is 2. The van der Waals surface area contributed by atoms with Crippen LogP contribution in [-0.2, 0) is 9.53 Å². The fourth-order valence-electron chi connectivity index (χ4n) is 2.60. The zero-order chi connectivity index (χ0) is 14.8. The summed E-state index contributed by atoms with van der Waals surface area (Å²) in [6.07, 6.45) is 2.10. The van der Waals surface area contributed by atoms with Gasteiger partial charge < -0.3 is 20.1 Å². The van der Waals surface area contributed by atoms with Gasteiger partial charge in [0.05, 0.1) is 17.8 Å². The summed E-state index contributed by atoms with van der Waals surface area (Å²) in [6, 6.07) is 4.96. The van der Waals surface area contributed by atoms with Crippen molar-refractivity contribution in [3.8, 4) is 5.75 Å². The molecule has 2 heterocycles. The number of anilines is 1. The zero-order valence-electron chi connectivity index (χ0n) is 11.8. The van der Waals surface area contributed by atoms with E-state index in [0.29, 0.717) is 17.0 Å². The fraction of sp³-hybridized carbons (Fsp3) is 0.467. The van der Waals surface area contributed by atoms with Gasteiger partial charge in [0, 0.05) is 12.2 Å². The largest absolute Gasteiger partial charge is 0.482 e. The van der Waals surface area contributed by atoms with Crippen molar-refractivity contribution in [2.75, 3.05) is 18.5 Å². The van der Waals surface area contributed by atoms with E-state index in [9.17, 15) is 9.59 Å². The van der Waals surface area contributed by atoms with E-state index >= 15 is 0 Å². The van der Waals surface area contributed by atoms with Crippen molar-refractivity contribution in [1.29, 1.82) is 0 Å². The number of benzene rings is 1. The van der Waals surface area contributed by atoms with Gasteiger partial charge >= 0.3 is 0 Å². The van der Waals surface area contributed by atoms with Crippen LogP contribution in [0.5, 0.6) is 5.75 Å². The van der Waals surface area contributed by atoms with Gasteiger partial charge in [-0.05, 0) is 38.0 Å². The van der Waals surface area contributed by atoms with Gasteiger partial charge in [-0.2, -0.15) is 0 Å². The molecule has 6 heteroatoms. The average molecular weight is 290 g/mol. The van der Waals surface area contributed by atoms with Crippen LogP contribution >= 0.6 is 0 Å². The molecule has 1 aromatic rings. The SMILES string of the molecule is C[C@@H](NC(=O)c1ccc2c(c1)OCC(=O)N2)[C@H]1CCCO1. The van der Waals surface area contributed by atoms with Gasteiger partial charge in [-0.25, -0.2) is 0 Å². The Morgan fingerprint density at radius 3 is 3.10 bits per heavy atom. The molecule has 0 aromatic heterocycles. The number of hydrogen-bond acceptors (Lipinski definition) is 4. The molecule has 0 spiro atoms. The van der Waals surface area contributed by atoms with Crippen LogP contribution in [0.15, 0.2) is 18.2 Å². The smallest absolute Gasteiger partial charge is 0.262 e. The standard InChI is InChI=1S/C15H18N2O4/c1-9(12-3-2-6-20-12)16-15(19)10-4-5-11-13(7-10)21-8-14(18)17-11/h4-5,7,9,12H,2-3,6,8H2,1H3,(H,16,19)(H,17,18)/t9-,12-/m1/s1. The van der Waals surface area contributed by atoms with Crippen LogP contribution in [0.3, 0.4) is 0 Å². The lowest BCUT2D eigenvalue weighted by molar-refractivity contribution is -0.118. The lowest BCUT2D eigenvalue weighted by Gasteiger charge is -2.21. The Balaban J connectivity index is 1.68. The summed E-state index contributed by atoms with van der Waals surface area (Å²) >= 11 is 0. The Morgan fingerprint density at radius 2 is 2.33 bits per heavy atom. The van der Waals surface area contributed by atoms with Gasteiger partial charge in [0.1, 0.15) is 5.75 Å². The Morgan fingerprint density at radius 1 is 1.48 bits per heavy atom. The summed E-state index contributed by atoms with van der Waals surface area (Å²) in [5.74, 6) is 0.167. The molecule has 2 amide bonds. The monoisotopic (exact) mass is 290 g/mol. The summed E-state index contributed by atoms with van der Waals surface area (Å²) in [6.45, 7) is 2.69. The summed E-state index contributed by atoms with van der Waals surface area (Å²) < 4.78 is 10.9. The van der Waals surface area contributed by atoms with Crippen molar-refractivity contribution in [3.05, 3.63) is 23.8 Å². The maximum Gasteiger partial charge on any atom is 0.262 e. The minimum atomic E-state index is -0.188. The summed E-state index contributed by atoms with van der Waals surface area (Å²) in [7, 11) is 0. The number of carbonyl (C=O) groups is 2. The maximum atomic E-state index is 12.3. The fourth-order valence-corrected chi connectivity index (χ4v) is 2.60. The van der Waals surface area contributed by atoms with E-state index in [1.165, 1.54) is 0 Å². The van der Waals surface area contributed by atoms with Gasteiger partial charge in [-0.15, -0.1) is 0 Å². The number of nitrogens with one attached hydrogen (secondary N) is 2. The molecule has 112 valence electrons. The first-order chi connectivity index (χ1) is 10.1. The molecule has 1 saturated heterocycles. The molecule has 21 heavy (non-hydrogen) atoms. The van der Waals surface area contributed by atoms with Gasteiger partial charge in [0.25, 0.3) is 11.8 Å². The summed E-state index contributed by atoms with van der Waals surface area (Å²) in [4.78, 5) is 23.5. The molecule has 0 radical (unpaired) electrons. The van der Waals surface area contributed by atoms with Crippen LogP contribution in [0.4, 0.5) is 5.69 Å². The third-order valence-electron chi connectivity index (χ3n) is 3.76. The van der Waals surface area contributed by atoms with Crippen molar-refractivity contribution in [2.45, 2.75) is 31.9 Å². The number of hydrogen-bond donors (Lipinski definition) is 2. The second-order valence-corrected chi connectivity index (χ2v) is 5.36. The number of carbonyl (C=O) groups excluding carboxylic acids is 2. The Bertz CT molecular complexity index is 567. The molecule has 2 atom stereocenters. The van der Waals surface area contributed by atoms with E-state index < -0.39 is 0 Å². The minimum Gasteiger partial charge on any atom is -0.482 e. The molecule has 2 N–H and O–H groups in total. The lowest BCUT2D eigenvalue weighted by atomic mass is 10.1. The summed E-state index contributed by atoms with van der Waals surface area (Å²) in [5.41, 5.74) is 1.10. The topological polar surface area (TPSA) is 76.7 Å². The van der Waals surface area contributed by atoms with Gasteiger partial charge in [0.2, 0.25) is 0 Å². The molecular weight excluding hydrogens is 272 g/mol. The Hall–Kier alpha value is -2.08. The van der Waals surface area contributed by atoms with E-state index in [1.54, 1.807) is 18.2 Å². The van der Waals surface area contributed by atoms with Gasteiger partial charge in [-0.1, -0.05) is 0 Å². The predicted molar refractivity (Wildman–Crippen MR) is 76.5 cm³/mol. The molecule has 0 unspecified atom stereocenters. The number of ether oxygens (including phenoxy) is 2. The van der Waals surface area contributed by atoms with Gasteiger partial charge in [-0.3, -0.25) is 9.59 Å². The van der Waals surface area contributed by atoms with Crippen molar-refractivity contribution in [3.63, 3.8) is 0 Å². The van der Waals surface area contributed by atoms with E-state index in [0.717, 1.165) is 19.4 Å². The third kappa shape index (κ3) is 3.00. The first-order valence-electron chi connectivity index (χ1n) is 7.12. The highest BCUT2D eigenvalue weighted by molar-refractivity contribution is 5.99. The Kier molecular flexibility index (Phi) is 3.79. The molecule has 0 aliphatic carbocycles. The van der Waals surface area contributed by atoms with Crippen molar-refractivity contribution < 1.29 is 19.1 Å². The second-order valence-electron chi connectivity index (χ2n) is 5.36. The zero-order valence-corrected chi connectivity index (χ0v) is 11.8. The highest BCUT2D eigenvalue weighted by Crippen LogP contribution is 2.28. The predicted octanol–water partition coefficient (Wildman–Crippen LogP) is 1.31. The normalized spacial score (nSPS) is 22.0. The minimum absolute atomic E-state index is 0.0234. The Labute approximate surface area is 122 Å². The molecular formula is C15H18N2O4. The highest BCUT2D eigenvalue weighted by atomic mass is 16.5. The van der Waals surface area contributed by atoms with E-state index in [2.05, 4.69) is 10.6 Å². The van der Waals surface area contributed by atoms with Crippen molar-refractivity contribution in [2.24, 2.45) is 0 Å². The van der Waals surface area contributed by atoms with E-state index in [4.69, 9.17) is 9.47 Å². The molecule has 0 bridgehead atoms. The highest BCUT2D eigenvalue weighted by Gasteiger charge is 2.24. The molecule has 1 fully saturated rings. The van der Waals surface area contributed by atoms with Crippen LogP contribution < -0.4 is 15.4 Å². The van der Waals surface area contributed by atoms with Crippen molar-refractivity contribution >= 4 is 17.5 Å². The maximum absolute atomic E-state index is 12.3. The molecule has 2 aliphatic rings. The average Bonchev–Trinajstić information content (AvgIpc) is 3.01. The van der Waals surface area contributed by atoms with Crippen LogP contribution in [0, 0.1) is 0 Å². The number of rotatable bonds is 3. The lowest BCUT2D eigenvalue weighted by Crippen LogP contribution is -2.40. The molecule has 2 aliphatic heterocycles. The first-order valence-corrected chi connectivity index (χ1v) is 7.12. The van der Waals surface area contributed by atoms with Crippen LogP contribution in [0.25, 0.3) is 0 Å². The van der Waals surface area contributed by atoms with Crippen LogP contribution in [-0.4, -0.2) is 37.2 Å². The van der Waals surface area contributed by atoms with Crippen molar-refractivity contribution in [1.82, 2.24) is 5.32 Å². The molecule has 1 aromatic carbocycles. The van der Waals surface area contributed by atoms with E-state index in [-0.39, 0.29) is 30.6 Å². The second kappa shape index (κ2) is 5.73.